The second kappa shape index (κ2) is 19.0. The summed E-state index contributed by atoms with van der Waals surface area (Å²) in [5.41, 5.74) is 8.83. The van der Waals surface area contributed by atoms with Crippen molar-refractivity contribution in [3.05, 3.63) is 106 Å². The smallest absolute Gasteiger partial charge is 0.254 e. The average Bonchev–Trinajstić information content (AvgIpc) is 4.13. The molecule has 6 heterocycles. The van der Waals surface area contributed by atoms with Crippen LogP contribution in [0.4, 0.5) is 0 Å². The molecule has 1 saturated carbocycles. The third-order valence-electron chi connectivity index (χ3n) is 18.7. The van der Waals surface area contributed by atoms with Crippen molar-refractivity contribution in [1.82, 2.24) is 36.0 Å². The minimum Gasteiger partial charge on any atom is -0.349 e. The summed E-state index contributed by atoms with van der Waals surface area (Å²) in [6.45, 7) is 35.3. The van der Waals surface area contributed by atoms with Crippen molar-refractivity contribution in [2.45, 2.75) is 107 Å². The Kier molecular flexibility index (Phi) is 14.0. The summed E-state index contributed by atoms with van der Waals surface area (Å²) in [6.07, 6.45) is 5.28. The number of rotatable bonds is 8. The lowest BCUT2D eigenvalue weighted by Gasteiger charge is -2.31. The Morgan fingerprint density at radius 1 is 0.537 bits per heavy atom. The summed E-state index contributed by atoms with van der Waals surface area (Å²) >= 11 is 0. The van der Waals surface area contributed by atoms with Crippen LogP contribution in [0, 0.1) is 66.1 Å². The molecule has 0 spiro atoms. The fraction of sp³-hybridized carbons (Fsp3) is 0.632. The first kappa shape index (κ1) is 49.3. The minimum absolute atomic E-state index is 0.0393. The Morgan fingerprint density at radius 3 is 1.34 bits per heavy atom. The van der Waals surface area contributed by atoms with Crippen LogP contribution in [0.15, 0.2) is 66.7 Å². The summed E-state index contributed by atoms with van der Waals surface area (Å²) in [6, 6.07) is 22.7. The lowest BCUT2D eigenvalue weighted by atomic mass is 9.71. The number of carbonyl (C=O) groups is 3. The van der Waals surface area contributed by atoms with E-state index in [9.17, 15) is 14.4 Å². The van der Waals surface area contributed by atoms with Gasteiger partial charge in [-0.1, -0.05) is 121 Å². The number of carbonyl (C=O) groups excluding carboxylic acids is 3. The first-order valence-corrected chi connectivity index (χ1v) is 25.6. The zero-order valence-electron chi connectivity index (χ0n) is 42.8. The van der Waals surface area contributed by atoms with Crippen molar-refractivity contribution in [3.8, 4) is 0 Å². The molecule has 4 N–H and O–H groups in total. The number of likely N-dealkylation sites (tertiary alicyclic amines) is 3. The van der Waals surface area contributed by atoms with E-state index in [-0.39, 0.29) is 51.3 Å². The maximum atomic E-state index is 13.5. The maximum absolute atomic E-state index is 13.5. The first-order chi connectivity index (χ1) is 31.7. The van der Waals surface area contributed by atoms with Crippen LogP contribution in [0.5, 0.6) is 0 Å². The number of nitrogens with one attached hydrogen (secondary N) is 4. The Morgan fingerprint density at radius 2 is 0.925 bits per heavy atom. The fourth-order valence-corrected chi connectivity index (χ4v) is 13.3. The van der Waals surface area contributed by atoms with Gasteiger partial charge in [-0.25, -0.2) is 0 Å². The van der Waals surface area contributed by atoms with Gasteiger partial charge < -0.3 is 36.0 Å². The van der Waals surface area contributed by atoms with E-state index in [2.05, 4.69) is 102 Å². The van der Waals surface area contributed by atoms with E-state index in [1.807, 2.05) is 70.2 Å². The SMILES string of the molecule is CC12CNCC1(C)CNC2.Cc1cccc(C)c1C(=O)N1C[C@]2(C)CN(CC[C@H](NC(=O)C3CCCC3)c3ccccc3)C[C@]2(C)C1.Cc1cccc(C)c1C(=O)N1C[C@]2(C)CNC[C@]2(C)C1. The van der Waals surface area contributed by atoms with E-state index in [1.165, 1.54) is 44.6 Å². The topological polar surface area (TPSA) is 109 Å². The molecule has 6 aliphatic heterocycles. The highest BCUT2D eigenvalue weighted by Gasteiger charge is 2.59. The number of fused-ring (bicyclic) bond motifs is 3. The van der Waals surface area contributed by atoms with Gasteiger partial charge in [-0.15, -0.1) is 0 Å². The molecule has 0 unspecified atom stereocenters. The van der Waals surface area contributed by atoms with Gasteiger partial charge in [0.1, 0.15) is 0 Å². The molecule has 5 atom stereocenters. The highest BCUT2D eigenvalue weighted by Crippen LogP contribution is 2.52. The second-order valence-corrected chi connectivity index (χ2v) is 24.0. The van der Waals surface area contributed by atoms with Crippen LogP contribution >= 0.6 is 0 Å². The highest BCUT2D eigenvalue weighted by atomic mass is 16.2. The number of aryl methyl sites for hydroxylation is 4. The number of benzene rings is 3. The van der Waals surface area contributed by atoms with Crippen LogP contribution in [0.3, 0.4) is 0 Å². The molecule has 3 aromatic carbocycles. The molecular formula is C57H83N7O3. The van der Waals surface area contributed by atoms with Crippen molar-refractivity contribution < 1.29 is 14.4 Å². The van der Waals surface area contributed by atoms with Gasteiger partial charge in [0.15, 0.2) is 0 Å². The Hall–Kier alpha value is -4.09. The van der Waals surface area contributed by atoms with E-state index in [1.54, 1.807) is 0 Å². The van der Waals surface area contributed by atoms with E-state index in [4.69, 9.17) is 0 Å². The van der Waals surface area contributed by atoms with Crippen LogP contribution < -0.4 is 21.3 Å². The first-order valence-electron chi connectivity index (χ1n) is 25.6. The zero-order chi connectivity index (χ0) is 48.0. The van der Waals surface area contributed by atoms with E-state index < -0.39 is 0 Å². The molecule has 0 aromatic heterocycles. The molecule has 67 heavy (non-hydrogen) atoms. The predicted octanol–water partition coefficient (Wildman–Crippen LogP) is 8.11. The summed E-state index contributed by atoms with van der Waals surface area (Å²) in [7, 11) is 0. The van der Waals surface area contributed by atoms with Crippen molar-refractivity contribution in [2.24, 2.45) is 38.4 Å². The maximum Gasteiger partial charge on any atom is 0.254 e. The zero-order valence-corrected chi connectivity index (χ0v) is 42.8. The molecule has 7 aliphatic rings. The molecule has 0 bridgehead atoms. The van der Waals surface area contributed by atoms with Gasteiger partial charge in [-0.3, -0.25) is 14.4 Å². The van der Waals surface area contributed by atoms with Crippen molar-refractivity contribution in [3.63, 3.8) is 0 Å². The van der Waals surface area contributed by atoms with Crippen LogP contribution in [0.1, 0.15) is 128 Å². The molecule has 10 nitrogen and oxygen atoms in total. The summed E-state index contributed by atoms with van der Waals surface area (Å²) in [5.74, 6) is 0.787. The van der Waals surface area contributed by atoms with Gasteiger partial charge >= 0.3 is 0 Å². The van der Waals surface area contributed by atoms with Crippen LogP contribution in [0.25, 0.3) is 0 Å². The normalized spacial score (nSPS) is 32.5. The molecule has 0 radical (unpaired) electrons. The lowest BCUT2D eigenvalue weighted by Crippen LogP contribution is -2.38. The Bertz CT molecular complexity index is 2190. The summed E-state index contributed by atoms with van der Waals surface area (Å²) in [4.78, 5) is 46.2. The fourth-order valence-electron chi connectivity index (χ4n) is 13.3. The Labute approximate surface area is 403 Å². The average molecular weight is 914 g/mol. The molecule has 7 fully saturated rings. The number of nitrogens with zero attached hydrogens (tertiary/aromatic N) is 3. The van der Waals surface area contributed by atoms with Crippen LogP contribution in [-0.2, 0) is 4.79 Å². The third-order valence-corrected chi connectivity index (χ3v) is 18.7. The van der Waals surface area contributed by atoms with Crippen molar-refractivity contribution >= 4 is 17.7 Å². The third kappa shape index (κ3) is 9.50. The lowest BCUT2D eigenvalue weighted by molar-refractivity contribution is -0.125. The van der Waals surface area contributed by atoms with E-state index in [0.717, 1.165) is 112 Å². The van der Waals surface area contributed by atoms with Gasteiger partial charge in [-0.05, 0) is 74.8 Å². The molecular weight excluding hydrogens is 831 g/mol. The molecule has 10 heteroatoms. The van der Waals surface area contributed by atoms with Gasteiger partial charge in [0.05, 0.1) is 6.04 Å². The number of hydrogen-bond acceptors (Lipinski definition) is 7. The summed E-state index contributed by atoms with van der Waals surface area (Å²) < 4.78 is 0. The van der Waals surface area contributed by atoms with Crippen molar-refractivity contribution in [2.75, 3.05) is 85.1 Å². The highest BCUT2D eigenvalue weighted by molar-refractivity contribution is 5.98. The van der Waals surface area contributed by atoms with E-state index in [0.29, 0.717) is 10.8 Å². The molecule has 3 amide bonds. The van der Waals surface area contributed by atoms with Crippen molar-refractivity contribution in [1.29, 1.82) is 0 Å². The van der Waals surface area contributed by atoms with Gasteiger partial charge in [0.25, 0.3) is 11.8 Å². The molecule has 1 aliphatic carbocycles. The molecule has 10 rings (SSSR count). The molecule has 364 valence electrons. The summed E-state index contributed by atoms with van der Waals surface area (Å²) in [5, 5.41) is 13.8. The van der Waals surface area contributed by atoms with E-state index >= 15 is 0 Å². The number of amides is 3. The van der Waals surface area contributed by atoms with Gasteiger partial charge in [0, 0.05) is 135 Å². The molecule has 6 saturated heterocycles. The monoisotopic (exact) mass is 914 g/mol. The largest absolute Gasteiger partial charge is 0.349 e. The van der Waals surface area contributed by atoms with Gasteiger partial charge in [0.2, 0.25) is 5.91 Å². The van der Waals surface area contributed by atoms with Crippen LogP contribution in [0.2, 0.25) is 0 Å². The molecule has 3 aromatic rings. The number of hydrogen-bond donors (Lipinski definition) is 4. The second-order valence-electron chi connectivity index (χ2n) is 24.0. The van der Waals surface area contributed by atoms with Crippen LogP contribution in [-0.4, -0.2) is 118 Å². The van der Waals surface area contributed by atoms with Gasteiger partial charge in [-0.2, -0.15) is 0 Å². The predicted molar refractivity (Wildman–Crippen MR) is 271 cm³/mol. The standard InChI is InChI=1S/C32H43N3O2.C17H24N2O.C8H16N2/c1-23-11-10-12-24(2)28(23)30(37)35-21-31(3)19-34(20-32(31,4)22-35)18-17-27(25-13-6-5-7-14-25)33-29(36)26-15-8-9-16-26;1-12-6-5-7-13(2)14(12)15(20)19-10-16(3)8-18-9-17(16,4)11-19;1-7-3-9-5-8(7,2)6-10-4-7/h5-7,10-14,26-27H,8-9,15-22H2,1-4H3,(H,33,36);5-7,18H,8-11H2,1-4H3;9-10H,3-6H2,1-2H3/t27-,31-,32+;16-,17+;/m0../s1. The Balaban J connectivity index is 0.000000167. The minimum atomic E-state index is 0.0393. The quantitative estimate of drug-likeness (QED) is 0.181.